The molecule has 0 saturated heterocycles. The lowest BCUT2D eigenvalue weighted by Crippen LogP contribution is -2.30. The minimum Gasteiger partial charge on any atom is -0.437 e. The number of halogens is 1. The van der Waals surface area contributed by atoms with Crippen molar-refractivity contribution >= 4 is 22.1 Å². The lowest BCUT2D eigenvalue weighted by atomic mass is 10.0. The molecule has 1 aromatic carbocycles. The monoisotopic (exact) mass is 307 g/mol. The van der Waals surface area contributed by atoms with Crippen LogP contribution in [-0.2, 0) is 7.05 Å². The molecule has 0 fully saturated rings. The first-order valence-corrected chi connectivity index (χ1v) is 7.50. The van der Waals surface area contributed by atoms with Crippen LogP contribution in [0.1, 0.15) is 11.3 Å². The van der Waals surface area contributed by atoms with Gasteiger partial charge in [0.15, 0.2) is 11.8 Å². The Balaban J connectivity index is 2.20. The van der Waals surface area contributed by atoms with Crippen molar-refractivity contribution in [2.24, 2.45) is 7.05 Å². The van der Waals surface area contributed by atoms with Gasteiger partial charge in [0.25, 0.3) is 0 Å². The van der Waals surface area contributed by atoms with Gasteiger partial charge in [-0.1, -0.05) is 0 Å². The third kappa shape index (κ3) is 2.02. The minimum atomic E-state index is -0.274. The molecule has 0 spiro atoms. The van der Waals surface area contributed by atoms with E-state index in [2.05, 4.69) is 4.98 Å². The number of rotatable bonds is 1. The Labute approximate surface area is 133 Å². The largest absolute Gasteiger partial charge is 0.437 e. The molecule has 0 bridgehead atoms. The van der Waals surface area contributed by atoms with Crippen molar-refractivity contribution in [2.75, 3.05) is 0 Å². The molecule has 0 amide bonds. The molecule has 0 saturated carbocycles. The molecule has 0 aliphatic carbocycles. The zero-order valence-corrected chi connectivity index (χ0v) is 13.2. The number of aryl methyl sites for hydroxylation is 3. The molecule has 114 valence electrons. The third-order valence-electron chi connectivity index (χ3n) is 4.21. The van der Waals surface area contributed by atoms with Gasteiger partial charge in [0, 0.05) is 17.8 Å². The normalized spacial score (nSPS) is 11.5. The van der Waals surface area contributed by atoms with Crippen molar-refractivity contribution in [3.05, 3.63) is 59.7 Å². The Morgan fingerprint density at radius 1 is 1.13 bits per heavy atom. The molecule has 4 rings (SSSR count). The molecule has 0 N–H and O–H groups in total. The summed E-state index contributed by atoms with van der Waals surface area (Å²) in [5.41, 5.74) is 4.60. The molecule has 0 unspecified atom stereocenters. The summed E-state index contributed by atoms with van der Waals surface area (Å²) in [7, 11) is 1.97. The first kappa shape index (κ1) is 13.9. The fraction of sp³-hybridized carbons (Fsp3) is 0.158. The van der Waals surface area contributed by atoms with Crippen molar-refractivity contribution in [3.8, 4) is 11.3 Å². The second-order valence-corrected chi connectivity index (χ2v) is 5.86. The van der Waals surface area contributed by atoms with E-state index in [1.165, 1.54) is 0 Å². The quantitative estimate of drug-likeness (QED) is 0.493. The summed E-state index contributed by atoms with van der Waals surface area (Å²) in [5.74, 6) is -0.274. The maximum Gasteiger partial charge on any atom is 0.227 e. The van der Waals surface area contributed by atoms with Gasteiger partial charge in [0.1, 0.15) is 12.9 Å². The smallest absolute Gasteiger partial charge is 0.227 e. The zero-order valence-electron chi connectivity index (χ0n) is 13.2. The third-order valence-corrected chi connectivity index (χ3v) is 4.21. The van der Waals surface area contributed by atoms with Crippen LogP contribution < -0.4 is 4.57 Å². The summed E-state index contributed by atoms with van der Waals surface area (Å²) in [6, 6.07) is 11.2. The standard InChI is InChI=1S/C19H16FN2O/c1-11-10-14(20)17-13-8-7-12(2)21-19(13)23-18(17)16(11)15-6-4-5-9-22(15)3/h4-10H,1-3H3/q+1. The van der Waals surface area contributed by atoms with Crippen molar-refractivity contribution in [1.82, 2.24) is 4.98 Å². The first-order chi connectivity index (χ1) is 11.1. The molecular weight excluding hydrogens is 291 g/mol. The number of hydrogen-bond donors (Lipinski definition) is 0. The fourth-order valence-electron chi connectivity index (χ4n) is 3.10. The van der Waals surface area contributed by atoms with Crippen molar-refractivity contribution < 1.29 is 13.4 Å². The van der Waals surface area contributed by atoms with Crippen LogP contribution in [0, 0.1) is 19.7 Å². The maximum absolute atomic E-state index is 14.6. The van der Waals surface area contributed by atoms with Gasteiger partial charge in [-0.25, -0.2) is 13.9 Å². The number of benzene rings is 1. The van der Waals surface area contributed by atoms with E-state index in [4.69, 9.17) is 4.42 Å². The maximum atomic E-state index is 14.6. The Bertz CT molecular complexity index is 1070. The highest BCUT2D eigenvalue weighted by atomic mass is 19.1. The van der Waals surface area contributed by atoms with Crippen LogP contribution in [0.4, 0.5) is 4.39 Å². The lowest BCUT2D eigenvalue weighted by Gasteiger charge is -2.06. The van der Waals surface area contributed by atoms with Crippen LogP contribution in [0.3, 0.4) is 0 Å². The van der Waals surface area contributed by atoms with E-state index in [-0.39, 0.29) is 5.82 Å². The fourth-order valence-corrected chi connectivity index (χ4v) is 3.10. The van der Waals surface area contributed by atoms with Gasteiger partial charge in [0.05, 0.1) is 16.3 Å². The SMILES string of the molecule is Cc1ccc2c(n1)oc1c(-c3cccc[n+]3C)c(C)cc(F)c12. The van der Waals surface area contributed by atoms with E-state index in [0.717, 1.165) is 22.5 Å². The molecule has 0 aliphatic rings. The number of fused-ring (bicyclic) bond motifs is 3. The highest BCUT2D eigenvalue weighted by Crippen LogP contribution is 2.37. The van der Waals surface area contributed by atoms with Gasteiger partial charge in [-0.3, -0.25) is 0 Å². The molecule has 3 heterocycles. The highest BCUT2D eigenvalue weighted by Gasteiger charge is 2.23. The second-order valence-electron chi connectivity index (χ2n) is 5.86. The van der Waals surface area contributed by atoms with Crippen molar-refractivity contribution in [1.29, 1.82) is 0 Å². The van der Waals surface area contributed by atoms with Crippen LogP contribution in [-0.4, -0.2) is 4.98 Å². The molecule has 3 nitrogen and oxygen atoms in total. The van der Waals surface area contributed by atoms with E-state index in [1.807, 2.05) is 62.0 Å². The first-order valence-electron chi connectivity index (χ1n) is 7.50. The van der Waals surface area contributed by atoms with Gasteiger partial charge in [-0.2, -0.15) is 0 Å². The average molecular weight is 307 g/mol. The highest BCUT2D eigenvalue weighted by molar-refractivity contribution is 6.09. The summed E-state index contributed by atoms with van der Waals surface area (Å²) >= 11 is 0. The molecular formula is C19H16FN2O+. The van der Waals surface area contributed by atoms with Gasteiger partial charge >= 0.3 is 0 Å². The Kier molecular flexibility index (Phi) is 2.94. The Morgan fingerprint density at radius 3 is 2.74 bits per heavy atom. The van der Waals surface area contributed by atoms with Crippen LogP contribution in [0.25, 0.3) is 33.3 Å². The molecule has 3 aromatic heterocycles. The van der Waals surface area contributed by atoms with E-state index in [1.54, 1.807) is 6.07 Å². The van der Waals surface area contributed by atoms with Gasteiger partial charge in [0.2, 0.25) is 11.4 Å². The molecule has 4 aromatic rings. The topological polar surface area (TPSA) is 29.9 Å². The lowest BCUT2D eigenvalue weighted by molar-refractivity contribution is -0.660. The molecule has 23 heavy (non-hydrogen) atoms. The summed E-state index contributed by atoms with van der Waals surface area (Å²) in [6.45, 7) is 3.79. The van der Waals surface area contributed by atoms with Crippen LogP contribution in [0.5, 0.6) is 0 Å². The summed E-state index contributed by atoms with van der Waals surface area (Å²) < 4.78 is 22.6. The molecule has 0 aliphatic heterocycles. The average Bonchev–Trinajstić information content (AvgIpc) is 2.87. The van der Waals surface area contributed by atoms with Gasteiger partial charge in [-0.05, 0) is 43.7 Å². The van der Waals surface area contributed by atoms with Gasteiger partial charge in [-0.15, -0.1) is 0 Å². The Hall–Kier alpha value is -2.75. The van der Waals surface area contributed by atoms with E-state index >= 15 is 0 Å². The van der Waals surface area contributed by atoms with Crippen LogP contribution in [0.2, 0.25) is 0 Å². The summed E-state index contributed by atoms with van der Waals surface area (Å²) in [6.07, 6.45) is 1.97. The van der Waals surface area contributed by atoms with E-state index in [9.17, 15) is 4.39 Å². The second kappa shape index (κ2) is 4.88. The number of pyridine rings is 2. The van der Waals surface area contributed by atoms with Gasteiger partial charge < -0.3 is 4.42 Å². The summed E-state index contributed by atoms with van der Waals surface area (Å²) in [4.78, 5) is 4.40. The molecule has 0 atom stereocenters. The number of hydrogen-bond acceptors (Lipinski definition) is 2. The van der Waals surface area contributed by atoms with E-state index < -0.39 is 0 Å². The van der Waals surface area contributed by atoms with E-state index in [0.29, 0.717) is 22.1 Å². The number of aromatic nitrogens is 2. The predicted molar refractivity (Wildman–Crippen MR) is 87.6 cm³/mol. The number of nitrogens with zero attached hydrogens (tertiary/aromatic N) is 2. The predicted octanol–water partition coefficient (Wildman–Crippen LogP) is 4.23. The Morgan fingerprint density at radius 2 is 1.96 bits per heavy atom. The molecule has 0 radical (unpaired) electrons. The minimum absolute atomic E-state index is 0.274. The van der Waals surface area contributed by atoms with Crippen molar-refractivity contribution in [3.63, 3.8) is 0 Å². The van der Waals surface area contributed by atoms with Crippen molar-refractivity contribution in [2.45, 2.75) is 13.8 Å². The number of furan rings is 1. The van der Waals surface area contributed by atoms with Crippen LogP contribution >= 0.6 is 0 Å². The van der Waals surface area contributed by atoms with Crippen LogP contribution in [0.15, 0.2) is 47.0 Å². The molecule has 4 heteroatoms. The zero-order chi connectivity index (χ0) is 16.1. The summed E-state index contributed by atoms with van der Waals surface area (Å²) in [5, 5.41) is 1.21.